The monoisotopic (exact) mass is 364 g/mol. The van der Waals surface area contributed by atoms with E-state index in [9.17, 15) is 10.1 Å². The fourth-order valence-electron chi connectivity index (χ4n) is 2.78. The Morgan fingerprint density at radius 2 is 1.48 bits per heavy atom. The van der Waals surface area contributed by atoms with Crippen molar-refractivity contribution in [2.24, 2.45) is 0 Å². The first-order valence-corrected chi connectivity index (χ1v) is 8.45. The van der Waals surface area contributed by atoms with Crippen molar-refractivity contribution in [3.05, 3.63) is 47.5 Å². The highest BCUT2D eigenvalue weighted by molar-refractivity contribution is 6.09. The van der Waals surface area contributed by atoms with Crippen molar-refractivity contribution in [1.82, 2.24) is 0 Å². The van der Waals surface area contributed by atoms with Crippen molar-refractivity contribution in [1.29, 1.82) is 5.26 Å². The molecule has 0 saturated carbocycles. The van der Waals surface area contributed by atoms with Gasteiger partial charge in [0.1, 0.15) is 38.1 Å². The fraction of sp³-hybridized carbons (Fsp3) is 0.200. The zero-order valence-corrected chi connectivity index (χ0v) is 14.4. The minimum atomic E-state index is -0.510. The van der Waals surface area contributed by atoms with Crippen LogP contribution in [0.25, 0.3) is 6.08 Å². The number of carbonyl (C=O) groups excluding carboxylic acids is 1. The van der Waals surface area contributed by atoms with E-state index in [0.717, 1.165) is 0 Å². The fourth-order valence-corrected chi connectivity index (χ4v) is 2.78. The number of amides is 1. The lowest BCUT2D eigenvalue weighted by Crippen LogP contribution is -2.17. The Balaban J connectivity index is 1.53. The third-order valence-electron chi connectivity index (χ3n) is 4.04. The van der Waals surface area contributed by atoms with E-state index in [-0.39, 0.29) is 5.57 Å². The van der Waals surface area contributed by atoms with Gasteiger partial charge in [-0.15, -0.1) is 0 Å². The lowest BCUT2D eigenvalue weighted by atomic mass is 10.1. The molecule has 1 N–H and O–H groups in total. The molecule has 0 aromatic heterocycles. The van der Waals surface area contributed by atoms with Crippen LogP contribution in [0.2, 0.25) is 0 Å². The Morgan fingerprint density at radius 3 is 2.15 bits per heavy atom. The molecule has 2 aromatic rings. The second kappa shape index (κ2) is 7.30. The molecule has 0 spiro atoms. The molecule has 1 amide bonds. The molecule has 0 aliphatic carbocycles. The van der Waals surface area contributed by atoms with E-state index < -0.39 is 5.91 Å². The molecule has 136 valence electrons. The third kappa shape index (κ3) is 3.65. The maximum Gasteiger partial charge on any atom is 0.266 e. The van der Waals surface area contributed by atoms with E-state index in [4.69, 9.17) is 18.9 Å². The Labute approximate surface area is 155 Å². The highest BCUT2D eigenvalue weighted by Crippen LogP contribution is 2.33. The lowest BCUT2D eigenvalue weighted by Gasteiger charge is -2.19. The average molecular weight is 364 g/mol. The Morgan fingerprint density at radius 1 is 0.889 bits per heavy atom. The molecule has 2 aromatic carbocycles. The summed E-state index contributed by atoms with van der Waals surface area (Å²) in [6, 6.07) is 12.3. The van der Waals surface area contributed by atoms with Crippen molar-refractivity contribution in [3.63, 3.8) is 0 Å². The summed E-state index contributed by atoms with van der Waals surface area (Å²) in [5, 5.41) is 12.1. The highest BCUT2D eigenvalue weighted by atomic mass is 16.6. The molecule has 2 aliphatic rings. The van der Waals surface area contributed by atoms with Gasteiger partial charge in [0.05, 0.1) is 0 Å². The molecule has 0 atom stereocenters. The zero-order chi connectivity index (χ0) is 18.6. The largest absolute Gasteiger partial charge is 0.486 e. The predicted octanol–water partition coefficient (Wildman–Crippen LogP) is 2.77. The second-order valence-electron chi connectivity index (χ2n) is 5.89. The zero-order valence-electron chi connectivity index (χ0n) is 14.4. The van der Waals surface area contributed by atoms with Crippen LogP contribution in [0.5, 0.6) is 23.0 Å². The number of hydrogen-bond acceptors (Lipinski definition) is 6. The van der Waals surface area contributed by atoms with Crippen LogP contribution < -0.4 is 24.3 Å². The van der Waals surface area contributed by atoms with Gasteiger partial charge in [0.15, 0.2) is 23.0 Å². The molecule has 4 rings (SSSR count). The number of carbonyl (C=O) groups is 1. The predicted molar refractivity (Wildman–Crippen MR) is 97.1 cm³/mol. The summed E-state index contributed by atoms with van der Waals surface area (Å²) in [6.45, 7) is 1.92. The van der Waals surface area contributed by atoms with Crippen LogP contribution in [0.15, 0.2) is 42.0 Å². The molecule has 7 nitrogen and oxygen atoms in total. The second-order valence-corrected chi connectivity index (χ2v) is 5.89. The number of hydrogen-bond donors (Lipinski definition) is 1. The number of ether oxygens (including phenoxy) is 4. The topological polar surface area (TPSA) is 89.8 Å². The first-order valence-electron chi connectivity index (χ1n) is 8.45. The lowest BCUT2D eigenvalue weighted by molar-refractivity contribution is -0.112. The average Bonchev–Trinajstić information content (AvgIpc) is 2.71. The van der Waals surface area contributed by atoms with Crippen molar-refractivity contribution in [2.75, 3.05) is 31.7 Å². The van der Waals surface area contributed by atoms with Gasteiger partial charge < -0.3 is 24.3 Å². The minimum absolute atomic E-state index is 0.0263. The summed E-state index contributed by atoms with van der Waals surface area (Å²) in [4.78, 5) is 12.5. The SMILES string of the molecule is N#CC(=Cc1ccc2c(c1)OCCO2)C(=O)Nc1ccc2c(c1)OCCO2. The standard InChI is InChI=1S/C20H16N2O5/c21-12-14(9-13-1-3-16-18(10-13)26-7-5-24-16)20(23)22-15-2-4-17-19(11-15)27-8-6-25-17/h1-4,9-11H,5-8H2,(H,22,23). The van der Waals surface area contributed by atoms with Gasteiger partial charge >= 0.3 is 0 Å². The summed E-state index contributed by atoms with van der Waals surface area (Å²) in [5.74, 6) is 1.93. The summed E-state index contributed by atoms with van der Waals surface area (Å²) < 4.78 is 21.9. The van der Waals surface area contributed by atoms with Crippen LogP contribution in [0, 0.1) is 11.3 Å². The smallest absolute Gasteiger partial charge is 0.266 e. The van der Waals surface area contributed by atoms with E-state index in [0.29, 0.717) is 60.7 Å². The van der Waals surface area contributed by atoms with Crippen molar-refractivity contribution < 1.29 is 23.7 Å². The number of nitrogens with one attached hydrogen (secondary N) is 1. The van der Waals surface area contributed by atoms with Gasteiger partial charge in [-0.1, -0.05) is 6.07 Å². The summed E-state index contributed by atoms with van der Waals surface area (Å²) >= 11 is 0. The van der Waals surface area contributed by atoms with Crippen molar-refractivity contribution >= 4 is 17.7 Å². The van der Waals surface area contributed by atoms with Crippen LogP contribution in [0.3, 0.4) is 0 Å². The third-order valence-corrected chi connectivity index (χ3v) is 4.04. The maximum absolute atomic E-state index is 12.5. The summed E-state index contributed by atoms with van der Waals surface area (Å²) in [5.41, 5.74) is 1.17. The molecule has 2 aliphatic heterocycles. The summed E-state index contributed by atoms with van der Waals surface area (Å²) in [7, 11) is 0. The van der Waals surface area contributed by atoms with E-state index >= 15 is 0 Å². The van der Waals surface area contributed by atoms with Gasteiger partial charge in [0.2, 0.25) is 0 Å². The highest BCUT2D eigenvalue weighted by Gasteiger charge is 2.16. The van der Waals surface area contributed by atoms with Crippen LogP contribution in [0.4, 0.5) is 5.69 Å². The first kappa shape index (κ1) is 16.8. The van der Waals surface area contributed by atoms with Crippen LogP contribution in [-0.4, -0.2) is 32.3 Å². The Kier molecular flexibility index (Phi) is 4.54. The van der Waals surface area contributed by atoms with E-state index in [1.165, 1.54) is 6.08 Å². The molecular weight excluding hydrogens is 348 g/mol. The molecular formula is C20H16N2O5. The number of nitriles is 1. The van der Waals surface area contributed by atoms with Gasteiger partial charge in [0.25, 0.3) is 5.91 Å². The number of nitrogens with zero attached hydrogens (tertiary/aromatic N) is 1. The van der Waals surface area contributed by atoms with Gasteiger partial charge in [-0.05, 0) is 35.9 Å². The Hall–Kier alpha value is -3.66. The molecule has 0 bridgehead atoms. The molecule has 0 saturated heterocycles. The van der Waals surface area contributed by atoms with Gasteiger partial charge in [-0.25, -0.2) is 0 Å². The maximum atomic E-state index is 12.5. The van der Waals surface area contributed by atoms with Gasteiger partial charge in [-0.2, -0.15) is 5.26 Å². The molecule has 0 radical (unpaired) electrons. The molecule has 0 unspecified atom stereocenters. The molecule has 2 heterocycles. The normalized spacial score (nSPS) is 14.9. The van der Waals surface area contributed by atoms with E-state index in [1.54, 1.807) is 36.4 Å². The number of benzene rings is 2. The quantitative estimate of drug-likeness (QED) is 0.665. The first-order chi connectivity index (χ1) is 13.2. The van der Waals surface area contributed by atoms with Gasteiger partial charge in [-0.3, -0.25) is 4.79 Å². The number of anilines is 1. The van der Waals surface area contributed by atoms with Crippen molar-refractivity contribution in [3.8, 4) is 29.1 Å². The van der Waals surface area contributed by atoms with Crippen molar-refractivity contribution in [2.45, 2.75) is 0 Å². The molecule has 0 fully saturated rings. The van der Waals surface area contributed by atoms with Crippen LogP contribution in [-0.2, 0) is 4.79 Å². The minimum Gasteiger partial charge on any atom is -0.486 e. The van der Waals surface area contributed by atoms with Gasteiger partial charge in [0, 0.05) is 11.8 Å². The van der Waals surface area contributed by atoms with E-state index in [1.807, 2.05) is 6.07 Å². The Bertz CT molecular complexity index is 961. The number of fused-ring (bicyclic) bond motifs is 2. The summed E-state index contributed by atoms with van der Waals surface area (Å²) in [6.07, 6.45) is 1.51. The van der Waals surface area contributed by atoms with Crippen LogP contribution in [0.1, 0.15) is 5.56 Å². The molecule has 7 heteroatoms. The van der Waals surface area contributed by atoms with E-state index in [2.05, 4.69) is 5.32 Å². The van der Waals surface area contributed by atoms with Crippen LogP contribution >= 0.6 is 0 Å². The number of rotatable bonds is 3. The molecule has 27 heavy (non-hydrogen) atoms.